The van der Waals surface area contributed by atoms with Crippen LogP contribution in [0.1, 0.15) is 15.2 Å². The van der Waals surface area contributed by atoms with E-state index in [9.17, 15) is 22.0 Å². The number of carbonyl (C=O) groups is 1. The SMILES string of the molecule is O=C(NCc1ccc(S(=O)(=O)N2CCOCC2)s1)c1ccc(F)c(F)c1. The van der Waals surface area contributed by atoms with Gasteiger partial charge in [0.15, 0.2) is 11.6 Å². The largest absolute Gasteiger partial charge is 0.379 e. The lowest BCUT2D eigenvalue weighted by molar-refractivity contribution is 0.0731. The van der Waals surface area contributed by atoms with Crippen LogP contribution in [0.3, 0.4) is 0 Å². The van der Waals surface area contributed by atoms with Gasteiger partial charge in [0, 0.05) is 23.5 Å². The van der Waals surface area contributed by atoms with Gasteiger partial charge in [-0.15, -0.1) is 11.3 Å². The fourth-order valence-electron chi connectivity index (χ4n) is 2.41. The standard InChI is InChI=1S/C16H16F2N2O4S2/c17-13-3-1-11(9-14(13)18)16(21)19-10-12-2-4-15(25-12)26(22,23)20-5-7-24-8-6-20/h1-4,9H,5-8,10H2,(H,19,21). The van der Waals surface area contributed by atoms with Crippen molar-refractivity contribution in [2.45, 2.75) is 10.8 Å². The predicted molar refractivity (Wildman–Crippen MR) is 91.4 cm³/mol. The molecule has 0 atom stereocenters. The molecule has 0 unspecified atom stereocenters. The topological polar surface area (TPSA) is 75.7 Å². The van der Waals surface area contributed by atoms with Gasteiger partial charge >= 0.3 is 0 Å². The Bertz CT molecular complexity index is 909. The van der Waals surface area contributed by atoms with Crippen LogP contribution in [0.25, 0.3) is 0 Å². The molecule has 0 aliphatic carbocycles. The van der Waals surface area contributed by atoms with Gasteiger partial charge in [0.05, 0.1) is 19.8 Å². The average molecular weight is 402 g/mol. The zero-order valence-electron chi connectivity index (χ0n) is 13.6. The number of hydrogen-bond donors (Lipinski definition) is 1. The van der Waals surface area contributed by atoms with E-state index in [1.165, 1.54) is 16.4 Å². The molecule has 2 heterocycles. The van der Waals surface area contributed by atoms with Crippen molar-refractivity contribution in [1.82, 2.24) is 9.62 Å². The molecule has 6 nitrogen and oxygen atoms in total. The number of nitrogens with zero attached hydrogens (tertiary/aromatic N) is 1. The number of thiophene rings is 1. The number of rotatable bonds is 5. The first-order valence-electron chi connectivity index (χ1n) is 7.78. The third kappa shape index (κ3) is 4.09. The van der Waals surface area contributed by atoms with Crippen LogP contribution in [-0.4, -0.2) is 44.9 Å². The van der Waals surface area contributed by atoms with E-state index in [4.69, 9.17) is 4.74 Å². The van der Waals surface area contributed by atoms with Crippen molar-refractivity contribution in [2.75, 3.05) is 26.3 Å². The van der Waals surface area contributed by atoms with Crippen molar-refractivity contribution >= 4 is 27.3 Å². The summed E-state index contributed by atoms with van der Waals surface area (Å²) >= 11 is 1.06. The van der Waals surface area contributed by atoms with Crippen LogP contribution in [0.15, 0.2) is 34.5 Å². The Hall–Kier alpha value is -1.88. The maximum absolute atomic E-state index is 13.2. The second-order valence-electron chi connectivity index (χ2n) is 5.55. The Morgan fingerprint density at radius 3 is 2.58 bits per heavy atom. The molecule has 1 saturated heterocycles. The maximum atomic E-state index is 13.2. The summed E-state index contributed by atoms with van der Waals surface area (Å²) in [4.78, 5) is 12.6. The Morgan fingerprint density at radius 1 is 1.15 bits per heavy atom. The van der Waals surface area contributed by atoms with Gasteiger partial charge in [0.1, 0.15) is 4.21 Å². The maximum Gasteiger partial charge on any atom is 0.252 e. The van der Waals surface area contributed by atoms with Gasteiger partial charge in [-0.05, 0) is 30.3 Å². The van der Waals surface area contributed by atoms with E-state index >= 15 is 0 Å². The lowest BCUT2D eigenvalue weighted by Crippen LogP contribution is -2.40. The van der Waals surface area contributed by atoms with E-state index in [1.807, 2.05) is 0 Å². The first kappa shape index (κ1) is 18.9. The van der Waals surface area contributed by atoms with Crippen LogP contribution in [-0.2, 0) is 21.3 Å². The molecule has 1 aliphatic heterocycles. The lowest BCUT2D eigenvalue weighted by Gasteiger charge is -2.25. The number of morpholine rings is 1. The second-order valence-corrected chi connectivity index (χ2v) is 8.88. The molecule has 1 fully saturated rings. The van der Waals surface area contributed by atoms with E-state index in [0.717, 1.165) is 23.5 Å². The molecule has 1 aromatic heterocycles. The predicted octanol–water partition coefficient (Wildman–Crippen LogP) is 1.98. The van der Waals surface area contributed by atoms with Crippen LogP contribution in [0.4, 0.5) is 8.78 Å². The van der Waals surface area contributed by atoms with Crippen molar-refractivity contribution in [2.24, 2.45) is 0 Å². The van der Waals surface area contributed by atoms with Gasteiger partial charge in [-0.3, -0.25) is 4.79 Å². The van der Waals surface area contributed by atoms with E-state index in [2.05, 4.69) is 5.32 Å². The number of amides is 1. The summed E-state index contributed by atoms with van der Waals surface area (Å²) in [6.07, 6.45) is 0. The van der Waals surface area contributed by atoms with Gasteiger partial charge in [-0.1, -0.05) is 0 Å². The van der Waals surface area contributed by atoms with Crippen LogP contribution < -0.4 is 5.32 Å². The molecular weight excluding hydrogens is 386 g/mol. The molecule has 26 heavy (non-hydrogen) atoms. The number of sulfonamides is 1. The Morgan fingerprint density at radius 2 is 1.88 bits per heavy atom. The molecule has 140 valence electrons. The molecule has 1 aromatic carbocycles. The number of ether oxygens (including phenoxy) is 1. The molecular formula is C16H16F2N2O4S2. The smallest absolute Gasteiger partial charge is 0.252 e. The molecule has 10 heteroatoms. The minimum Gasteiger partial charge on any atom is -0.379 e. The van der Waals surface area contributed by atoms with Gasteiger partial charge < -0.3 is 10.1 Å². The minimum absolute atomic E-state index is 0.0124. The second kappa shape index (κ2) is 7.78. The third-order valence-corrected chi connectivity index (χ3v) is 7.26. The number of nitrogens with one attached hydrogen (secondary N) is 1. The fourth-order valence-corrected chi connectivity index (χ4v) is 5.27. The zero-order chi connectivity index (χ0) is 18.7. The van der Waals surface area contributed by atoms with Crippen molar-refractivity contribution < 1.29 is 26.7 Å². The summed E-state index contributed by atoms with van der Waals surface area (Å²) in [5.41, 5.74) is -0.0124. The fraction of sp³-hybridized carbons (Fsp3) is 0.312. The first-order valence-corrected chi connectivity index (χ1v) is 10.0. The lowest BCUT2D eigenvalue weighted by atomic mass is 10.2. The molecule has 0 saturated carbocycles. The molecule has 1 N–H and O–H groups in total. The van der Waals surface area contributed by atoms with Crippen molar-refractivity contribution in [3.8, 4) is 0 Å². The van der Waals surface area contributed by atoms with Gasteiger partial charge in [-0.2, -0.15) is 4.31 Å². The highest BCUT2D eigenvalue weighted by Crippen LogP contribution is 2.25. The summed E-state index contributed by atoms with van der Waals surface area (Å²) in [6, 6.07) is 5.98. The molecule has 2 aromatic rings. The monoisotopic (exact) mass is 402 g/mol. The van der Waals surface area contributed by atoms with E-state index in [1.54, 1.807) is 6.07 Å². The Labute approximate surface area is 153 Å². The van der Waals surface area contributed by atoms with Gasteiger partial charge in [0.2, 0.25) is 0 Å². The Kier molecular flexibility index (Phi) is 5.66. The minimum atomic E-state index is -3.57. The summed E-state index contributed by atoms with van der Waals surface area (Å²) in [7, 11) is -3.57. The highest BCUT2D eigenvalue weighted by molar-refractivity contribution is 7.91. The first-order chi connectivity index (χ1) is 12.4. The van der Waals surface area contributed by atoms with Crippen LogP contribution in [0.5, 0.6) is 0 Å². The van der Waals surface area contributed by atoms with Crippen LogP contribution in [0.2, 0.25) is 0 Å². The molecule has 3 rings (SSSR count). The van der Waals surface area contributed by atoms with E-state index in [-0.39, 0.29) is 16.3 Å². The molecule has 1 aliphatic rings. The summed E-state index contributed by atoms with van der Waals surface area (Å²) < 4.78 is 57.9. The summed E-state index contributed by atoms with van der Waals surface area (Å²) in [6.45, 7) is 1.43. The van der Waals surface area contributed by atoms with Crippen molar-refractivity contribution in [3.63, 3.8) is 0 Å². The molecule has 0 bridgehead atoms. The normalized spacial score (nSPS) is 15.8. The average Bonchev–Trinajstić information content (AvgIpc) is 3.12. The number of halogens is 2. The number of hydrogen-bond acceptors (Lipinski definition) is 5. The zero-order valence-corrected chi connectivity index (χ0v) is 15.2. The molecule has 0 radical (unpaired) electrons. The number of benzene rings is 1. The van der Waals surface area contributed by atoms with Gasteiger partial charge in [-0.25, -0.2) is 17.2 Å². The van der Waals surface area contributed by atoms with Crippen LogP contribution in [0, 0.1) is 11.6 Å². The van der Waals surface area contributed by atoms with Crippen LogP contribution >= 0.6 is 11.3 Å². The highest BCUT2D eigenvalue weighted by Gasteiger charge is 2.27. The van der Waals surface area contributed by atoms with Crippen molar-refractivity contribution in [1.29, 1.82) is 0 Å². The molecule has 0 spiro atoms. The van der Waals surface area contributed by atoms with Crippen molar-refractivity contribution in [3.05, 3.63) is 52.4 Å². The number of carbonyl (C=O) groups excluding carboxylic acids is 1. The van der Waals surface area contributed by atoms with E-state index in [0.29, 0.717) is 31.2 Å². The summed E-state index contributed by atoms with van der Waals surface area (Å²) in [5, 5.41) is 2.56. The Balaban J connectivity index is 1.64. The third-order valence-electron chi connectivity index (χ3n) is 3.81. The molecule has 1 amide bonds. The van der Waals surface area contributed by atoms with E-state index < -0.39 is 27.6 Å². The summed E-state index contributed by atoms with van der Waals surface area (Å²) in [5.74, 6) is -2.71. The highest BCUT2D eigenvalue weighted by atomic mass is 32.2. The van der Waals surface area contributed by atoms with Gasteiger partial charge in [0.25, 0.3) is 15.9 Å². The quantitative estimate of drug-likeness (QED) is 0.830.